The van der Waals surface area contributed by atoms with Crippen LogP contribution in [0.2, 0.25) is 0 Å². The number of phenols is 1. The number of para-hydroxylation sites is 1. The van der Waals surface area contributed by atoms with Crippen LogP contribution in [0.15, 0.2) is 54.9 Å². The number of halogens is 3. The summed E-state index contributed by atoms with van der Waals surface area (Å²) in [6.07, 6.45) is -1.41. The second kappa shape index (κ2) is 7.21. The van der Waals surface area contributed by atoms with Crippen molar-refractivity contribution in [3.8, 4) is 11.5 Å². The lowest BCUT2D eigenvalue weighted by atomic mass is 10.0. The molecule has 2 aromatic carbocycles. The van der Waals surface area contributed by atoms with Crippen LogP contribution in [0.5, 0.6) is 11.5 Å². The van der Waals surface area contributed by atoms with Gasteiger partial charge in [0.15, 0.2) is 0 Å². The summed E-state index contributed by atoms with van der Waals surface area (Å²) in [6, 6.07) is 11.3. The van der Waals surface area contributed by atoms with E-state index in [9.17, 15) is 18.3 Å². The Morgan fingerprint density at radius 2 is 1.85 bits per heavy atom. The first-order valence-corrected chi connectivity index (χ1v) is 7.90. The number of aromatic nitrogens is 1. The minimum atomic E-state index is -4.74. The van der Waals surface area contributed by atoms with Gasteiger partial charge in [-0.15, -0.1) is 13.2 Å². The van der Waals surface area contributed by atoms with Crippen LogP contribution < -0.4 is 4.74 Å². The third-order valence-electron chi connectivity index (χ3n) is 3.98. The number of rotatable bonds is 5. The van der Waals surface area contributed by atoms with Gasteiger partial charge >= 0.3 is 6.36 Å². The van der Waals surface area contributed by atoms with Gasteiger partial charge < -0.3 is 9.84 Å². The average Bonchev–Trinajstić information content (AvgIpc) is 2.58. The molecule has 1 aromatic heterocycles. The van der Waals surface area contributed by atoms with Crippen LogP contribution in [0.4, 0.5) is 13.2 Å². The smallest absolute Gasteiger partial charge is 0.508 e. The van der Waals surface area contributed by atoms with E-state index in [0.717, 1.165) is 10.8 Å². The van der Waals surface area contributed by atoms with Crippen molar-refractivity contribution in [2.75, 3.05) is 7.05 Å². The second-order valence-electron chi connectivity index (χ2n) is 5.99. The Labute approximate surface area is 148 Å². The Balaban J connectivity index is 1.83. The van der Waals surface area contributed by atoms with Crippen LogP contribution in [0.3, 0.4) is 0 Å². The number of fused-ring (bicyclic) bond motifs is 1. The van der Waals surface area contributed by atoms with Crippen molar-refractivity contribution in [1.82, 2.24) is 9.88 Å². The van der Waals surface area contributed by atoms with Crippen molar-refractivity contribution >= 4 is 10.8 Å². The normalized spacial score (nSPS) is 11.9. The van der Waals surface area contributed by atoms with Crippen LogP contribution in [0.25, 0.3) is 10.8 Å². The number of benzene rings is 2. The molecule has 0 bridgehead atoms. The molecule has 0 aliphatic carbocycles. The van der Waals surface area contributed by atoms with Crippen molar-refractivity contribution in [3.63, 3.8) is 0 Å². The topological polar surface area (TPSA) is 45.6 Å². The number of nitrogens with zero attached hydrogens (tertiary/aromatic N) is 2. The molecule has 0 aliphatic rings. The van der Waals surface area contributed by atoms with E-state index in [1.165, 1.54) is 12.1 Å². The van der Waals surface area contributed by atoms with E-state index in [-0.39, 0.29) is 18.0 Å². The van der Waals surface area contributed by atoms with Crippen molar-refractivity contribution in [2.24, 2.45) is 0 Å². The highest BCUT2D eigenvalue weighted by Gasteiger charge is 2.32. The van der Waals surface area contributed by atoms with E-state index in [2.05, 4.69) is 9.72 Å². The van der Waals surface area contributed by atoms with Gasteiger partial charge in [-0.3, -0.25) is 9.88 Å². The number of phenolic OH excluding ortho intramolecular Hbond substituents is 1. The molecular formula is C19H17F3N2O2. The molecule has 0 fully saturated rings. The number of pyridine rings is 1. The molecule has 0 saturated heterocycles. The minimum Gasteiger partial charge on any atom is -0.508 e. The summed E-state index contributed by atoms with van der Waals surface area (Å²) in [6.45, 7) is 0.567. The van der Waals surface area contributed by atoms with Gasteiger partial charge in [-0.2, -0.15) is 0 Å². The van der Waals surface area contributed by atoms with Crippen molar-refractivity contribution < 1.29 is 23.0 Å². The number of hydrogen-bond donors (Lipinski definition) is 1. The lowest BCUT2D eigenvalue weighted by molar-refractivity contribution is -0.275. The zero-order chi connectivity index (χ0) is 18.7. The Morgan fingerprint density at radius 1 is 1.08 bits per heavy atom. The molecule has 0 saturated carbocycles. The molecule has 0 aliphatic heterocycles. The molecule has 136 valence electrons. The van der Waals surface area contributed by atoms with Gasteiger partial charge in [-0.05, 0) is 30.6 Å². The largest absolute Gasteiger partial charge is 0.573 e. The van der Waals surface area contributed by atoms with Crippen LogP contribution >= 0.6 is 0 Å². The Kier molecular flexibility index (Phi) is 4.99. The van der Waals surface area contributed by atoms with E-state index in [1.807, 2.05) is 6.07 Å². The van der Waals surface area contributed by atoms with E-state index >= 15 is 0 Å². The Hall–Kier alpha value is -2.80. The molecule has 3 rings (SSSR count). The molecular weight excluding hydrogens is 345 g/mol. The molecule has 3 aromatic rings. The molecule has 26 heavy (non-hydrogen) atoms. The maximum absolute atomic E-state index is 12.6. The summed E-state index contributed by atoms with van der Waals surface area (Å²) in [4.78, 5) is 5.89. The molecule has 4 nitrogen and oxygen atoms in total. The lowest BCUT2D eigenvalue weighted by Gasteiger charge is -2.21. The Morgan fingerprint density at radius 3 is 2.62 bits per heavy atom. The molecule has 0 atom stereocenters. The summed E-state index contributed by atoms with van der Waals surface area (Å²) < 4.78 is 41.8. The predicted octanol–water partition coefficient (Wildman–Crippen LogP) is 4.47. The molecule has 1 N–H and O–H groups in total. The summed E-state index contributed by atoms with van der Waals surface area (Å²) in [7, 11) is 1.76. The maximum Gasteiger partial charge on any atom is 0.573 e. The monoisotopic (exact) mass is 362 g/mol. The van der Waals surface area contributed by atoms with Crippen LogP contribution in [-0.2, 0) is 13.1 Å². The quantitative estimate of drug-likeness (QED) is 0.727. The van der Waals surface area contributed by atoms with Gasteiger partial charge in [-0.25, -0.2) is 0 Å². The Bertz CT molecular complexity index is 913. The SMILES string of the molecule is CN(Cc1ccccc1OC(F)(F)F)Cc1c(O)ccc2ccncc12. The third-order valence-corrected chi connectivity index (χ3v) is 3.98. The minimum absolute atomic E-state index is 0.122. The third kappa shape index (κ3) is 4.23. The molecule has 0 unspecified atom stereocenters. The van der Waals surface area contributed by atoms with Gasteiger partial charge in [0.25, 0.3) is 0 Å². The predicted molar refractivity (Wildman–Crippen MR) is 91.7 cm³/mol. The summed E-state index contributed by atoms with van der Waals surface area (Å²) in [5, 5.41) is 11.9. The fraction of sp³-hybridized carbons (Fsp3) is 0.211. The summed E-state index contributed by atoms with van der Waals surface area (Å²) >= 11 is 0. The standard InChI is InChI=1S/C19H17F3N2O2/c1-24(11-14-4-2-3-5-18(14)26-19(20,21)22)12-16-15-10-23-9-8-13(15)6-7-17(16)25/h2-10,25H,11-12H2,1H3. The zero-order valence-electron chi connectivity index (χ0n) is 14.0. The molecule has 0 spiro atoms. The first kappa shape index (κ1) is 18.0. The van der Waals surface area contributed by atoms with Crippen LogP contribution in [0, 0.1) is 0 Å². The molecule has 7 heteroatoms. The summed E-state index contributed by atoms with van der Waals surface area (Å²) in [5.41, 5.74) is 1.08. The fourth-order valence-electron chi connectivity index (χ4n) is 2.85. The number of alkyl halides is 3. The number of ether oxygens (including phenoxy) is 1. The second-order valence-corrected chi connectivity index (χ2v) is 5.99. The van der Waals surface area contributed by atoms with Crippen molar-refractivity contribution in [3.05, 3.63) is 66.0 Å². The van der Waals surface area contributed by atoms with Gasteiger partial charge in [0.1, 0.15) is 11.5 Å². The van der Waals surface area contributed by atoms with Gasteiger partial charge in [0.2, 0.25) is 0 Å². The van der Waals surface area contributed by atoms with Gasteiger partial charge in [-0.1, -0.05) is 24.3 Å². The first-order valence-electron chi connectivity index (χ1n) is 7.90. The van der Waals surface area contributed by atoms with Crippen LogP contribution in [0.1, 0.15) is 11.1 Å². The van der Waals surface area contributed by atoms with E-state index < -0.39 is 6.36 Å². The van der Waals surface area contributed by atoms with Gasteiger partial charge in [0, 0.05) is 42.0 Å². The number of aromatic hydroxyl groups is 1. The van der Waals surface area contributed by atoms with Crippen molar-refractivity contribution in [2.45, 2.75) is 19.5 Å². The maximum atomic E-state index is 12.6. The molecule has 1 heterocycles. The average molecular weight is 362 g/mol. The van der Waals surface area contributed by atoms with Gasteiger partial charge in [0.05, 0.1) is 0 Å². The highest BCUT2D eigenvalue weighted by atomic mass is 19.4. The van der Waals surface area contributed by atoms with Crippen LogP contribution in [-0.4, -0.2) is 28.4 Å². The molecule has 0 radical (unpaired) electrons. The lowest BCUT2D eigenvalue weighted by Crippen LogP contribution is -2.21. The zero-order valence-corrected chi connectivity index (χ0v) is 14.0. The van der Waals surface area contributed by atoms with E-state index in [4.69, 9.17) is 0 Å². The van der Waals surface area contributed by atoms with E-state index in [1.54, 1.807) is 48.6 Å². The first-order chi connectivity index (χ1) is 12.3. The summed E-state index contributed by atoms with van der Waals surface area (Å²) in [5.74, 6) is -0.104. The van der Waals surface area contributed by atoms with Crippen molar-refractivity contribution in [1.29, 1.82) is 0 Å². The highest BCUT2D eigenvalue weighted by molar-refractivity contribution is 5.86. The highest BCUT2D eigenvalue weighted by Crippen LogP contribution is 2.30. The fourth-order valence-corrected chi connectivity index (χ4v) is 2.85. The van der Waals surface area contributed by atoms with E-state index in [0.29, 0.717) is 17.7 Å². The number of hydrogen-bond acceptors (Lipinski definition) is 4. The molecule has 0 amide bonds.